The van der Waals surface area contributed by atoms with Crippen molar-refractivity contribution in [2.75, 3.05) is 20.2 Å². The highest BCUT2D eigenvalue weighted by Crippen LogP contribution is 2.44. The molecule has 0 saturated carbocycles. The maximum absolute atomic E-state index is 12.5. The van der Waals surface area contributed by atoms with Gasteiger partial charge in [0, 0.05) is 31.5 Å². The molecule has 1 atom stereocenters. The summed E-state index contributed by atoms with van der Waals surface area (Å²) in [7, 11) is 1.59. The molecule has 2 aromatic rings. The molecule has 2 amide bonds. The van der Waals surface area contributed by atoms with E-state index in [1.807, 2.05) is 38.1 Å². The Balaban J connectivity index is 1.52. The smallest absolute Gasteiger partial charge is 0.407 e. The summed E-state index contributed by atoms with van der Waals surface area (Å²) in [6.45, 7) is 5.61. The number of carboxylic acid groups (broad SMARTS) is 1. The maximum Gasteiger partial charge on any atom is 0.407 e. The zero-order valence-corrected chi connectivity index (χ0v) is 19.6. The molecule has 0 aliphatic heterocycles. The number of carboxylic acids is 1. The van der Waals surface area contributed by atoms with E-state index in [0.717, 1.165) is 11.1 Å². The Kier molecular flexibility index (Phi) is 7.41. The van der Waals surface area contributed by atoms with Crippen molar-refractivity contribution in [2.45, 2.75) is 45.1 Å². The van der Waals surface area contributed by atoms with E-state index in [4.69, 9.17) is 9.84 Å². The number of aliphatic carboxylic acids is 1. The first-order valence-electron chi connectivity index (χ1n) is 11.2. The first-order valence-corrected chi connectivity index (χ1v) is 11.2. The van der Waals surface area contributed by atoms with Crippen molar-refractivity contribution in [3.63, 3.8) is 0 Å². The van der Waals surface area contributed by atoms with Crippen LogP contribution in [0.3, 0.4) is 0 Å². The molecule has 176 valence electrons. The molecule has 2 aromatic carbocycles. The number of amides is 2. The predicted octanol–water partition coefficient (Wildman–Crippen LogP) is 4.26. The molecular weight excluding hydrogens is 420 g/mol. The summed E-state index contributed by atoms with van der Waals surface area (Å²) in [6.07, 6.45) is 0.0728. The summed E-state index contributed by atoms with van der Waals surface area (Å²) in [6, 6.07) is 16.3. The van der Waals surface area contributed by atoms with E-state index in [0.29, 0.717) is 6.42 Å². The number of nitrogens with zero attached hydrogens (tertiary/aromatic N) is 1. The lowest BCUT2D eigenvalue weighted by Gasteiger charge is -2.27. The molecule has 0 spiro atoms. The van der Waals surface area contributed by atoms with Gasteiger partial charge in [-0.3, -0.25) is 9.59 Å². The van der Waals surface area contributed by atoms with Crippen molar-refractivity contribution in [1.82, 2.24) is 10.2 Å². The number of alkyl carbamates (subject to hydrolysis) is 1. The minimum absolute atomic E-state index is 0.0160. The molecule has 2 N–H and O–H groups in total. The number of carbonyl (C=O) groups excluding carboxylic acids is 2. The molecule has 1 aliphatic rings. The third-order valence-corrected chi connectivity index (χ3v) is 6.14. The fourth-order valence-electron chi connectivity index (χ4n) is 4.17. The number of nitrogens with one attached hydrogen (secondary N) is 1. The van der Waals surface area contributed by atoms with Crippen LogP contribution in [0.15, 0.2) is 48.5 Å². The zero-order chi connectivity index (χ0) is 24.2. The highest BCUT2D eigenvalue weighted by atomic mass is 16.5. The molecule has 1 unspecified atom stereocenters. The Hall–Kier alpha value is -3.35. The average Bonchev–Trinajstić information content (AvgIpc) is 3.09. The summed E-state index contributed by atoms with van der Waals surface area (Å²) in [5.74, 6) is -1.75. The Labute approximate surface area is 194 Å². The monoisotopic (exact) mass is 452 g/mol. The molecule has 0 radical (unpaired) electrons. The number of hydrogen-bond donors (Lipinski definition) is 2. The van der Waals surface area contributed by atoms with Crippen LogP contribution in [0.2, 0.25) is 0 Å². The number of carbonyl (C=O) groups is 3. The van der Waals surface area contributed by atoms with Gasteiger partial charge in [-0.1, -0.05) is 55.5 Å². The van der Waals surface area contributed by atoms with Crippen molar-refractivity contribution in [3.8, 4) is 11.1 Å². The van der Waals surface area contributed by atoms with Gasteiger partial charge in [0.2, 0.25) is 5.91 Å². The first kappa shape index (κ1) is 24.3. The van der Waals surface area contributed by atoms with E-state index in [2.05, 4.69) is 29.6 Å². The quantitative estimate of drug-likeness (QED) is 0.593. The van der Waals surface area contributed by atoms with Gasteiger partial charge in [0.1, 0.15) is 6.61 Å². The van der Waals surface area contributed by atoms with Gasteiger partial charge in [-0.2, -0.15) is 0 Å². The van der Waals surface area contributed by atoms with Crippen LogP contribution in [0, 0.1) is 5.92 Å². The standard InChI is InChI=1S/C26H32N2O5/c1-17(24(30)31)15-28(4)23(29)13-14-26(2,3)27-25(32)33-16-22-20-11-7-5-9-18(20)19-10-6-8-12-21(19)22/h5-12,17,22H,13-16H2,1-4H3,(H,27,32)(H,30,31). The number of benzene rings is 2. The van der Waals surface area contributed by atoms with E-state index in [-0.39, 0.29) is 31.4 Å². The third kappa shape index (κ3) is 5.92. The van der Waals surface area contributed by atoms with Gasteiger partial charge in [0.25, 0.3) is 0 Å². The van der Waals surface area contributed by atoms with Gasteiger partial charge in [-0.15, -0.1) is 0 Å². The summed E-state index contributed by atoms with van der Waals surface area (Å²) < 4.78 is 5.60. The number of ether oxygens (including phenoxy) is 1. The number of fused-ring (bicyclic) bond motifs is 3. The highest BCUT2D eigenvalue weighted by Gasteiger charge is 2.30. The van der Waals surface area contributed by atoms with E-state index >= 15 is 0 Å². The van der Waals surface area contributed by atoms with Gasteiger partial charge in [-0.25, -0.2) is 4.79 Å². The van der Waals surface area contributed by atoms with Gasteiger partial charge in [0.05, 0.1) is 5.92 Å². The summed E-state index contributed by atoms with van der Waals surface area (Å²) in [5.41, 5.74) is 3.98. The minimum atomic E-state index is -0.938. The molecule has 0 heterocycles. The summed E-state index contributed by atoms with van der Waals surface area (Å²) in [5, 5.41) is 11.9. The van der Waals surface area contributed by atoms with Crippen LogP contribution in [-0.2, 0) is 14.3 Å². The first-order chi connectivity index (χ1) is 15.6. The molecule has 1 aliphatic carbocycles. The van der Waals surface area contributed by atoms with Crippen LogP contribution in [0.25, 0.3) is 11.1 Å². The Morgan fingerprint density at radius 1 is 1.06 bits per heavy atom. The molecule has 0 bridgehead atoms. The van der Waals surface area contributed by atoms with Crippen LogP contribution >= 0.6 is 0 Å². The third-order valence-electron chi connectivity index (χ3n) is 6.14. The van der Waals surface area contributed by atoms with Gasteiger partial charge in [0.15, 0.2) is 0 Å². The molecule has 33 heavy (non-hydrogen) atoms. The Morgan fingerprint density at radius 2 is 1.61 bits per heavy atom. The fraction of sp³-hybridized carbons (Fsp3) is 0.423. The van der Waals surface area contributed by atoms with E-state index in [9.17, 15) is 14.4 Å². The van der Waals surface area contributed by atoms with Crippen LogP contribution in [0.5, 0.6) is 0 Å². The van der Waals surface area contributed by atoms with Crippen molar-refractivity contribution < 1.29 is 24.2 Å². The van der Waals surface area contributed by atoms with Crippen LogP contribution in [0.4, 0.5) is 4.79 Å². The molecule has 0 aromatic heterocycles. The average molecular weight is 453 g/mol. The van der Waals surface area contributed by atoms with Crippen LogP contribution < -0.4 is 5.32 Å². The van der Waals surface area contributed by atoms with Gasteiger partial charge < -0.3 is 20.1 Å². The second-order valence-electron chi connectivity index (χ2n) is 9.35. The SMILES string of the molecule is CC(CN(C)C(=O)CCC(C)(C)NC(=O)OCC1c2ccccc2-c2ccccc21)C(=O)O. The molecule has 0 fully saturated rings. The van der Waals surface area contributed by atoms with Gasteiger partial charge in [-0.05, 0) is 42.5 Å². The van der Waals surface area contributed by atoms with Crippen LogP contribution in [-0.4, -0.2) is 53.7 Å². The van der Waals surface area contributed by atoms with Gasteiger partial charge >= 0.3 is 12.1 Å². The highest BCUT2D eigenvalue weighted by molar-refractivity contribution is 5.79. The van der Waals surface area contributed by atoms with E-state index in [1.165, 1.54) is 16.0 Å². The Bertz CT molecular complexity index is 987. The molecule has 3 rings (SSSR count). The predicted molar refractivity (Wildman–Crippen MR) is 126 cm³/mol. The topological polar surface area (TPSA) is 95.9 Å². The molecule has 7 nitrogen and oxygen atoms in total. The fourth-order valence-corrected chi connectivity index (χ4v) is 4.17. The van der Waals surface area contributed by atoms with E-state index in [1.54, 1.807) is 14.0 Å². The lowest BCUT2D eigenvalue weighted by atomic mass is 9.97. The van der Waals surface area contributed by atoms with Crippen molar-refractivity contribution in [3.05, 3.63) is 59.7 Å². The van der Waals surface area contributed by atoms with Crippen molar-refractivity contribution >= 4 is 18.0 Å². The number of rotatable bonds is 9. The van der Waals surface area contributed by atoms with Crippen LogP contribution in [0.1, 0.15) is 50.7 Å². The van der Waals surface area contributed by atoms with Crippen molar-refractivity contribution in [1.29, 1.82) is 0 Å². The Morgan fingerprint density at radius 3 is 2.15 bits per heavy atom. The largest absolute Gasteiger partial charge is 0.481 e. The lowest BCUT2D eigenvalue weighted by molar-refractivity contribution is -0.142. The van der Waals surface area contributed by atoms with E-state index < -0.39 is 23.5 Å². The molecule has 0 saturated heterocycles. The molecule has 7 heteroatoms. The summed E-state index contributed by atoms with van der Waals surface area (Å²) >= 11 is 0. The lowest BCUT2D eigenvalue weighted by Crippen LogP contribution is -2.45. The minimum Gasteiger partial charge on any atom is -0.481 e. The second-order valence-corrected chi connectivity index (χ2v) is 9.35. The second kappa shape index (κ2) is 10.1. The normalized spacial score (nSPS) is 13.6. The molecular formula is C26H32N2O5. The zero-order valence-electron chi connectivity index (χ0n) is 19.6. The van der Waals surface area contributed by atoms with Crippen molar-refractivity contribution in [2.24, 2.45) is 5.92 Å². The summed E-state index contributed by atoms with van der Waals surface area (Å²) in [4.78, 5) is 37.3. The number of hydrogen-bond acceptors (Lipinski definition) is 4. The maximum atomic E-state index is 12.5.